The molecule has 7 heteroatoms. The molecule has 2 aromatic carbocycles. The molecule has 0 aliphatic carbocycles. The Morgan fingerprint density at radius 3 is 2.68 bits per heavy atom. The lowest BCUT2D eigenvalue weighted by molar-refractivity contribution is -0.384. The van der Waals surface area contributed by atoms with Crippen LogP contribution < -0.4 is 5.43 Å². The molecule has 0 bridgehead atoms. The van der Waals surface area contributed by atoms with Crippen LogP contribution in [0.4, 0.5) is 11.4 Å². The first kappa shape index (κ1) is 15.8. The molecule has 114 valence electrons. The molecule has 2 aromatic rings. The number of nitro benzene ring substituents is 1. The highest BCUT2D eigenvalue weighted by Crippen LogP contribution is 2.27. The van der Waals surface area contributed by atoms with E-state index in [-0.39, 0.29) is 11.4 Å². The molecule has 0 saturated heterocycles. The molecule has 2 rings (SSSR count). The fraction of sp³-hybridized carbons (Fsp3) is 0.133. The lowest BCUT2D eigenvalue weighted by atomic mass is 10.2. The van der Waals surface area contributed by atoms with E-state index < -0.39 is 4.92 Å². The first-order valence-electron chi connectivity index (χ1n) is 6.57. The third-order valence-electron chi connectivity index (χ3n) is 2.73. The molecular weight excluding hydrogens is 306 g/mol. The van der Waals surface area contributed by atoms with E-state index in [2.05, 4.69) is 10.5 Å². The third kappa shape index (κ3) is 3.95. The number of ether oxygens (including phenoxy) is 1. The number of hydrazone groups is 1. The summed E-state index contributed by atoms with van der Waals surface area (Å²) >= 11 is 5.87. The van der Waals surface area contributed by atoms with Gasteiger partial charge in [0, 0.05) is 16.7 Å². The van der Waals surface area contributed by atoms with Crippen molar-refractivity contribution >= 4 is 28.9 Å². The van der Waals surface area contributed by atoms with Crippen molar-refractivity contribution in [3.05, 3.63) is 69.2 Å². The van der Waals surface area contributed by atoms with E-state index in [0.29, 0.717) is 17.5 Å². The number of nitrogens with one attached hydrogen (secondary N) is 1. The summed E-state index contributed by atoms with van der Waals surface area (Å²) in [6.45, 7) is 2.26. The van der Waals surface area contributed by atoms with Crippen LogP contribution in [0.25, 0.3) is 0 Å². The van der Waals surface area contributed by atoms with Crippen LogP contribution in [0.5, 0.6) is 0 Å². The Balaban J connectivity index is 2.32. The maximum Gasteiger partial charge on any atom is 0.294 e. The molecule has 0 amide bonds. The Hall–Kier alpha value is -2.60. The van der Waals surface area contributed by atoms with Gasteiger partial charge in [0.2, 0.25) is 5.90 Å². The summed E-state index contributed by atoms with van der Waals surface area (Å²) in [6, 6.07) is 13.5. The second kappa shape index (κ2) is 7.42. The van der Waals surface area contributed by atoms with Crippen LogP contribution in [-0.2, 0) is 4.74 Å². The van der Waals surface area contributed by atoms with Crippen LogP contribution in [0, 0.1) is 10.1 Å². The van der Waals surface area contributed by atoms with E-state index in [1.165, 1.54) is 18.2 Å². The van der Waals surface area contributed by atoms with Gasteiger partial charge in [-0.2, -0.15) is 0 Å². The number of nitrogens with zero attached hydrogens (tertiary/aromatic N) is 2. The lowest BCUT2D eigenvalue weighted by Gasteiger charge is -2.08. The van der Waals surface area contributed by atoms with Gasteiger partial charge >= 0.3 is 0 Å². The SMILES string of the molecule is CCO/C(=N\Nc1cc(Cl)ccc1[N+](=O)[O-])c1ccccc1. The van der Waals surface area contributed by atoms with E-state index >= 15 is 0 Å². The van der Waals surface area contributed by atoms with E-state index in [4.69, 9.17) is 16.3 Å². The maximum absolute atomic E-state index is 11.0. The number of hydrogen-bond donors (Lipinski definition) is 1. The molecule has 0 fully saturated rings. The maximum atomic E-state index is 11.0. The molecule has 0 heterocycles. The highest BCUT2D eigenvalue weighted by Gasteiger charge is 2.14. The lowest BCUT2D eigenvalue weighted by Crippen LogP contribution is -2.09. The normalized spacial score (nSPS) is 11.1. The van der Waals surface area contributed by atoms with Crippen LogP contribution in [-0.4, -0.2) is 17.4 Å². The minimum Gasteiger partial charge on any atom is -0.477 e. The smallest absolute Gasteiger partial charge is 0.294 e. The molecule has 0 spiro atoms. The minimum atomic E-state index is -0.503. The van der Waals surface area contributed by atoms with Crippen molar-refractivity contribution in [1.82, 2.24) is 0 Å². The molecular formula is C15H14ClN3O3. The summed E-state index contributed by atoms with van der Waals surface area (Å²) in [6.07, 6.45) is 0. The van der Waals surface area contributed by atoms with E-state index in [0.717, 1.165) is 5.56 Å². The zero-order valence-electron chi connectivity index (χ0n) is 11.8. The summed E-state index contributed by atoms with van der Waals surface area (Å²) in [7, 11) is 0. The predicted molar refractivity (Wildman–Crippen MR) is 86.3 cm³/mol. The van der Waals surface area contributed by atoms with Crippen molar-refractivity contribution < 1.29 is 9.66 Å². The number of benzene rings is 2. The first-order chi connectivity index (χ1) is 10.6. The van der Waals surface area contributed by atoms with Crippen molar-refractivity contribution in [2.24, 2.45) is 5.10 Å². The predicted octanol–water partition coefficient (Wildman–Crippen LogP) is 4.06. The molecule has 1 N–H and O–H groups in total. The van der Waals surface area contributed by atoms with Crippen molar-refractivity contribution in [2.75, 3.05) is 12.0 Å². The summed E-state index contributed by atoms with van der Waals surface area (Å²) in [4.78, 5) is 10.5. The summed E-state index contributed by atoms with van der Waals surface area (Å²) in [5.74, 6) is 0.345. The van der Waals surface area contributed by atoms with Gasteiger partial charge in [0.15, 0.2) is 0 Å². The fourth-order valence-electron chi connectivity index (χ4n) is 1.77. The number of nitro groups is 1. The molecule has 22 heavy (non-hydrogen) atoms. The molecule has 0 saturated carbocycles. The number of hydrogen-bond acceptors (Lipinski definition) is 5. The zero-order chi connectivity index (χ0) is 15.9. The zero-order valence-corrected chi connectivity index (χ0v) is 12.6. The second-order valence-corrected chi connectivity index (χ2v) is 4.68. The van der Waals surface area contributed by atoms with Gasteiger partial charge in [0.25, 0.3) is 5.69 Å². The Morgan fingerprint density at radius 2 is 2.05 bits per heavy atom. The van der Waals surface area contributed by atoms with Crippen molar-refractivity contribution in [1.29, 1.82) is 0 Å². The van der Waals surface area contributed by atoms with Crippen molar-refractivity contribution in [3.63, 3.8) is 0 Å². The van der Waals surface area contributed by atoms with Gasteiger partial charge in [0.1, 0.15) is 5.69 Å². The van der Waals surface area contributed by atoms with Crippen molar-refractivity contribution in [3.8, 4) is 0 Å². The largest absolute Gasteiger partial charge is 0.477 e. The van der Waals surface area contributed by atoms with Gasteiger partial charge < -0.3 is 4.74 Å². The highest BCUT2D eigenvalue weighted by molar-refractivity contribution is 6.31. The van der Waals surface area contributed by atoms with Crippen LogP contribution in [0.1, 0.15) is 12.5 Å². The quantitative estimate of drug-likeness (QED) is 0.390. The molecule has 0 unspecified atom stereocenters. The van der Waals surface area contributed by atoms with E-state index in [9.17, 15) is 10.1 Å². The van der Waals surface area contributed by atoms with Gasteiger partial charge in [-0.1, -0.05) is 29.8 Å². The second-order valence-electron chi connectivity index (χ2n) is 4.25. The topological polar surface area (TPSA) is 76.8 Å². The Kier molecular flexibility index (Phi) is 5.32. The Morgan fingerprint density at radius 1 is 1.32 bits per heavy atom. The first-order valence-corrected chi connectivity index (χ1v) is 6.95. The Bertz CT molecular complexity index is 690. The van der Waals surface area contributed by atoms with Gasteiger partial charge in [-0.3, -0.25) is 15.5 Å². The standard InChI is InChI=1S/C15H14ClN3O3/c1-2-22-15(11-6-4-3-5-7-11)18-17-13-10-12(16)8-9-14(13)19(20)21/h3-10,17H,2H2,1H3/b18-15-. The van der Waals surface area contributed by atoms with E-state index in [1.807, 2.05) is 37.3 Å². The van der Waals surface area contributed by atoms with Crippen LogP contribution in [0.15, 0.2) is 53.6 Å². The molecule has 0 radical (unpaired) electrons. The average Bonchev–Trinajstić information content (AvgIpc) is 2.52. The van der Waals surface area contributed by atoms with Gasteiger partial charge in [-0.15, -0.1) is 5.10 Å². The molecule has 6 nitrogen and oxygen atoms in total. The molecule has 0 aliphatic rings. The van der Waals surface area contributed by atoms with E-state index in [1.54, 1.807) is 0 Å². The molecule has 0 aliphatic heterocycles. The average molecular weight is 320 g/mol. The summed E-state index contributed by atoms with van der Waals surface area (Å²) < 4.78 is 5.47. The van der Waals surface area contributed by atoms with Gasteiger partial charge in [-0.25, -0.2) is 0 Å². The molecule has 0 aromatic heterocycles. The van der Waals surface area contributed by atoms with Crippen LogP contribution in [0.2, 0.25) is 5.02 Å². The van der Waals surface area contributed by atoms with Gasteiger partial charge in [-0.05, 0) is 31.2 Å². The van der Waals surface area contributed by atoms with Crippen LogP contribution >= 0.6 is 11.6 Å². The number of anilines is 1. The minimum absolute atomic E-state index is 0.114. The summed E-state index contributed by atoms with van der Waals surface area (Å²) in [5.41, 5.74) is 3.51. The Labute approximate surface area is 132 Å². The highest BCUT2D eigenvalue weighted by atomic mass is 35.5. The monoisotopic (exact) mass is 319 g/mol. The summed E-state index contributed by atoms with van der Waals surface area (Å²) in [5, 5.41) is 15.5. The van der Waals surface area contributed by atoms with Crippen LogP contribution in [0.3, 0.4) is 0 Å². The number of rotatable bonds is 5. The van der Waals surface area contributed by atoms with Crippen molar-refractivity contribution in [2.45, 2.75) is 6.92 Å². The number of halogens is 1. The third-order valence-corrected chi connectivity index (χ3v) is 2.97. The van der Waals surface area contributed by atoms with Gasteiger partial charge in [0.05, 0.1) is 11.5 Å². The fourth-order valence-corrected chi connectivity index (χ4v) is 1.94. The molecule has 0 atom stereocenters.